The molecule has 1 fully saturated rings. The summed E-state index contributed by atoms with van der Waals surface area (Å²) < 4.78 is 12.3. The highest BCUT2D eigenvalue weighted by molar-refractivity contribution is 9.10. The highest BCUT2D eigenvalue weighted by Gasteiger charge is 2.41. The molecule has 0 aliphatic carbocycles. The number of ether oxygens (including phenoxy) is 1. The molecule has 1 aliphatic rings. The van der Waals surface area contributed by atoms with Crippen LogP contribution in [-0.4, -0.2) is 23.4 Å². The Morgan fingerprint density at radius 2 is 2.05 bits per heavy atom. The Morgan fingerprint density at radius 1 is 1.27 bits per heavy atom. The Labute approximate surface area is 139 Å². The van der Waals surface area contributed by atoms with E-state index in [9.17, 15) is 0 Å². The molecule has 22 heavy (non-hydrogen) atoms. The van der Waals surface area contributed by atoms with E-state index in [1.165, 1.54) is 5.56 Å². The molecule has 0 bridgehead atoms. The van der Waals surface area contributed by atoms with Gasteiger partial charge in [-0.05, 0) is 36.5 Å². The first kappa shape index (κ1) is 15.7. The van der Waals surface area contributed by atoms with Crippen LogP contribution in [-0.2, 0) is 16.6 Å². The third-order valence-electron chi connectivity index (χ3n) is 4.19. The molecule has 1 aliphatic heterocycles. The van der Waals surface area contributed by atoms with E-state index in [0.717, 1.165) is 35.5 Å². The van der Waals surface area contributed by atoms with Crippen molar-refractivity contribution in [3.63, 3.8) is 0 Å². The van der Waals surface area contributed by atoms with Gasteiger partial charge in [-0.25, -0.2) is 0 Å². The summed E-state index contributed by atoms with van der Waals surface area (Å²) >= 11 is 3.57. The molecule has 0 radical (unpaired) electrons. The second kappa shape index (κ2) is 6.50. The van der Waals surface area contributed by atoms with Crippen LogP contribution >= 0.6 is 15.9 Å². The smallest absolute Gasteiger partial charge is 0.237 e. The normalized spacial score (nSPS) is 17.8. The lowest BCUT2D eigenvalue weighted by atomic mass is 9.74. The van der Waals surface area contributed by atoms with E-state index >= 15 is 0 Å². The standard InChI is InChI=1S/C17H21BrN2O2/c1-12(2)10-15-19-16(22-20-15)17(6-8-21-9-7-17)13-4-3-5-14(18)11-13/h3-5,11-12H,6-10H2,1-2H3. The van der Waals surface area contributed by atoms with Crippen molar-refractivity contribution in [1.82, 2.24) is 10.1 Å². The van der Waals surface area contributed by atoms with Crippen LogP contribution < -0.4 is 0 Å². The molecule has 5 heteroatoms. The van der Waals surface area contributed by atoms with Gasteiger partial charge in [0.25, 0.3) is 0 Å². The zero-order chi connectivity index (χ0) is 15.6. The summed E-state index contributed by atoms with van der Waals surface area (Å²) in [6.45, 7) is 5.76. The molecule has 1 aromatic carbocycles. The maximum Gasteiger partial charge on any atom is 0.237 e. The van der Waals surface area contributed by atoms with Crippen molar-refractivity contribution >= 4 is 15.9 Å². The van der Waals surface area contributed by atoms with Crippen LogP contribution in [0.15, 0.2) is 33.3 Å². The van der Waals surface area contributed by atoms with Gasteiger partial charge in [0, 0.05) is 24.1 Å². The van der Waals surface area contributed by atoms with Gasteiger partial charge in [-0.15, -0.1) is 0 Å². The van der Waals surface area contributed by atoms with Crippen LogP contribution in [0.2, 0.25) is 0 Å². The SMILES string of the molecule is CC(C)Cc1noc(C2(c3cccc(Br)c3)CCOCC2)n1. The first-order chi connectivity index (χ1) is 10.6. The number of nitrogens with zero attached hydrogens (tertiary/aromatic N) is 2. The summed E-state index contributed by atoms with van der Waals surface area (Å²) in [5, 5.41) is 4.19. The Hall–Kier alpha value is -1.20. The van der Waals surface area contributed by atoms with Gasteiger partial charge in [-0.2, -0.15) is 4.98 Å². The van der Waals surface area contributed by atoms with Crippen LogP contribution in [0.25, 0.3) is 0 Å². The molecule has 0 saturated carbocycles. The van der Waals surface area contributed by atoms with Crippen molar-refractivity contribution in [2.24, 2.45) is 5.92 Å². The summed E-state index contributed by atoms with van der Waals surface area (Å²) in [6.07, 6.45) is 2.58. The number of aromatic nitrogens is 2. The number of halogens is 1. The second-order valence-electron chi connectivity index (χ2n) is 6.32. The average Bonchev–Trinajstić information content (AvgIpc) is 2.96. The van der Waals surface area contributed by atoms with Gasteiger partial charge in [0.1, 0.15) is 0 Å². The van der Waals surface area contributed by atoms with E-state index in [1.54, 1.807) is 0 Å². The Balaban J connectivity index is 2.00. The molecule has 0 unspecified atom stereocenters. The number of benzene rings is 1. The van der Waals surface area contributed by atoms with E-state index in [-0.39, 0.29) is 5.41 Å². The van der Waals surface area contributed by atoms with Gasteiger partial charge in [0.2, 0.25) is 5.89 Å². The maximum absolute atomic E-state index is 5.67. The summed E-state index contributed by atoms with van der Waals surface area (Å²) in [7, 11) is 0. The topological polar surface area (TPSA) is 48.2 Å². The van der Waals surface area contributed by atoms with Crippen LogP contribution in [0.4, 0.5) is 0 Å². The molecular formula is C17H21BrN2O2. The minimum Gasteiger partial charge on any atom is -0.381 e. The van der Waals surface area contributed by atoms with Crippen LogP contribution in [0, 0.1) is 5.92 Å². The minimum atomic E-state index is -0.232. The van der Waals surface area contributed by atoms with Crippen molar-refractivity contribution in [1.29, 1.82) is 0 Å². The van der Waals surface area contributed by atoms with Crippen LogP contribution in [0.5, 0.6) is 0 Å². The molecule has 1 aromatic heterocycles. The van der Waals surface area contributed by atoms with Gasteiger partial charge in [-0.1, -0.05) is 47.1 Å². The van der Waals surface area contributed by atoms with Crippen molar-refractivity contribution in [2.45, 2.75) is 38.5 Å². The Morgan fingerprint density at radius 3 is 2.73 bits per heavy atom. The third-order valence-corrected chi connectivity index (χ3v) is 4.69. The summed E-state index contributed by atoms with van der Waals surface area (Å²) in [5.41, 5.74) is 0.981. The fraction of sp³-hybridized carbons (Fsp3) is 0.529. The molecule has 0 N–H and O–H groups in total. The van der Waals surface area contributed by atoms with Gasteiger partial charge < -0.3 is 9.26 Å². The first-order valence-electron chi connectivity index (χ1n) is 7.77. The van der Waals surface area contributed by atoms with Gasteiger partial charge in [0.15, 0.2) is 5.82 Å². The van der Waals surface area contributed by atoms with E-state index < -0.39 is 0 Å². The van der Waals surface area contributed by atoms with Crippen LogP contribution in [0.1, 0.15) is 44.0 Å². The van der Waals surface area contributed by atoms with Crippen molar-refractivity contribution in [2.75, 3.05) is 13.2 Å². The van der Waals surface area contributed by atoms with Gasteiger partial charge >= 0.3 is 0 Å². The van der Waals surface area contributed by atoms with Crippen molar-refractivity contribution in [3.05, 3.63) is 46.0 Å². The molecule has 1 saturated heterocycles. The summed E-state index contributed by atoms with van der Waals surface area (Å²) in [6, 6.07) is 8.39. The first-order valence-corrected chi connectivity index (χ1v) is 8.56. The number of rotatable bonds is 4. The van der Waals surface area contributed by atoms with E-state index in [2.05, 4.69) is 53.1 Å². The van der Waals surface area contributed by atoms with E-state index in [1.807, 2.05) is 6.07 Å². The molecular weight excluding hydrogens is 344 g/mol. The van der Waals surface area contributed by atoms with E-state index in [0.29, 0.717) is 19.1 Å². The lowest BCUT2D eigenvalue weighted by Crippen LogP contribution is -2.35. The second-order valence-corrected chi connectivity index (χ2v) is 7.23. The zero-order valence-electron chi connectivity index (χ0n) is 13.0. The summed E-state index contributed by atoms with van der Waals surface area (Å²) in [5.74, 6) is 2.04. The molecule has 4 nitrogen and oxygen atoms in total. The number of hydrogen-bond donors (Lipinski definition) is 0. The van der Waals surface area contributed by atoms with E-state index in [4.69, 9.17) is 14.2 Å². The van der Waals surface area contributed by atoms with Gasteiger partial charge in [-0.3, -0.25) is 0 Å². The average molecular weight is 365 g/mol. The Bertz CT molecular complexity index is 633. The Kier molecular flexibility index (Phi) is 4.64. The fourth-order valence-electron chi connectivity index (χ4n) is 3.03. The zero-order valence-corrected chi connectivity index (χ0v) is 14.6. The quantitative estimate of drug-likeness (QED) is 0.818. The number of hydrogen-bond acceptors (Lipinski definition) is 4. The molecule has 0 amide bonds. The minimum absolute atomic E-state index is 0.232. The molecule has 118 valence electrons. The van der Waals surface area contributed by atoms with Crippen LogP contribution in [0.3, 0.4) is 0 Å². The highest BCUT2D eigenvalue weighted by atomic mass is 79.9. The highest BCUT2D eigenvalue weighted by Crippen LogP contribution is 2.41. The molecule has 2 aromatic rings. The molecule has 3 rings (SSSR count). The fourth-order valence-corrected chi connectivity index (χ4v) is 3.43. The third kappa shape index (κ3) is 3.10. The monoisotopic (exact) mass is 364 g/mol. The van der Waals surface area contributed by atoms with Crippen molar-refractivity contribution < 1.29 is 9.26 Å². The molecule has 0 atom stereocenters. The largest absolute Gasteiger partial charge is 0.381 e. The predicted octanol–water partition coefficient (Wildman–Crippen LogP) is 4.13. The summed E-state index contributed by atoms with van der Waals surface area (Å²) in [4.78, 5) is 4.70. The lowest BCUT2D eigenvalue weighted by Gasteiger charge is -2.34. The molecule has 0 spiro atoms. The maximum atomic E-state index is 5.67. The molecule has 2 heterocycles. The van der Waals surface area contributed by atoms with Crippen molar-refractivity contribution in [3.8, 4) is 0 Å². The van der Waals surface area contributed by atoms with Gasteiger partial charge in [0.05, 0.1) is 5.41 Å². The lowest BCUT2D eigenvalue weighted by molar-refractivity contribution is 0.0523. The predicted molar refractivity (Wildman–Crippen MR) is 87.8 cm³/mol.